The number of aryl methyl sites for hydroxylation is 1. The SMILES string of the molecule is CC(CCN1c2cc([N+](=O)[O-])ccc2CCC1C)OC=O. The fraction of sp³-hybridized carbons (Fsp3) is 0.533. The molecule has 0 saturated carbocycles. The van der Waals surface area contributed by atoms with E-state index < -0.39 is 0 Å². The van der Waals surface area contributed by atoms with Gasteiger partial charge in [0.15, 0.2) is 0 Å². The van der Waals surface area contributed by atoms with Gasteiger partial charge >= 0.3 is 0 Å². The molecule has 2 atom stereocenters. The van der Waals surface area contributed by atoms with Crippen LogP contribution in [0.4, 0.5) is 11.4 Å². The first kappa shape index (κ1) is 15.3. The third-order valence-corrected chi connectivity index (χ3v) is 4.02. The van der Waals surface area contributed by atoms with Gasteiger partial charge in [-0.25, -0.2) is 0 Å². The lowest BCUT2D eigenvalue weighted by molar-refractivity contribution is -0.384. The van der Waals surface area contributed by atoms with Crippen LogP contribution < -0.4 is 4.90 Å². The predicted molar refractivity (Wildman–Crippen MR) is 79.5 cm³/mol. The number of carbonyl (C=O) groups excluding carboxylic acids is 1. The molecule has 0 N–H and O–H groups in total. The maximum atomic E-state index is 11.0. The molecular formula is C15H20N2O4. The fourth-order valence-electron chi connectivity index (χ4n) is 2.73. The van der Waals surface area contributed by atoms with Crippen LogP contribution in [0.25, 0.3) is 0 Å². The molecule has 0 aliphatic carbocycles. The van der Waals surface area contributed by atoms with Gasteiger partial charge in [0.2, 0.25) is 0 Å². The average Bonchev–Trinajstić information content (AvgIpc) is 2.45. The largest absolute Gasteiger partial charge is 0.465 e. The van der Waals surface area contributed by atoms with Crippen LogP contribution in [0, 0.1) is 10.1 Å². The maximum Gasteiger partial charge on any atom is 0.293 e. The summed E-state index contributed by atoms with van der Waals surface area (Å²) < 4.78 is 4.90. The summed E-state index contributed by atoms with van der Waals surface area (Å²) in [5.74, 6) is 0. The molecule has 1 aromatic carbocycles. The van der Waals surface area contributed by atoms with Crippen LogP contribution in [0.2, 0.25) is 0 Å². The second-order valence-electron chi connectivity index (χ2n) is 5.48. The first-order valence-electron chi connectivity index (χ1n) is 7.16. The number of nitro benzene ring substituents is 1. The van der Waals surface area contributed by atoms with Crippen molar-refractivity contribution in [2.75, 3.05) is 11.4 Å². The van der Waals surface area contributed by atoms with Gasteiger partial charge in [-0.1, -0.05) is 6.07 Å². The minimum atomic E-state index is -0.365. The number of carbonyl (C=O) groups is 1. The molecule has 0 spiro atoms. The second-order valence-corrected chi connectivity index (χ2v) is 5.48. The minimum Gasteiger partial charge on any atom is -0.465 e. The molecule has 0 fully saturated rings. The van der Waals surface area contributed by atoms with Crippen molar-refractivity contribution in [1.82, 2.24) is 0 Å². The number of non-ortho nitro benzene ring substituents is 1. The Labute approximate surface area is 123 Å². The average molecular weight is 292 g/mol. The van der Waals surface area contributed by atoms with Crippen molar-refractivity contribution in [2.24, 2.45) is 0 Å². The molecule has 0 saturated heterocycles. The normalized spacial score (nSPS) is 18.8. The number of nitro groups is 1. The number of fused-ring (bicyclic) bond motifs is 1. The Hall–Kier alpha value is -2.11. The van der Waals surface area contributed by atoms with E-state index in [0.29, 0.717) is 25.5 Å². The molecule has 0 radical (unpaired) electrons. The van der Waals surface area contributed by atoms with Crippen molar-refractivity contribution in [3.63, 3.8) is 0 Å². The molecule has 0 amide bonds. The number of anilines is 1. The zero-order chi connectivity index (χ0) is 15.4. The Balaban J connectivity index is 2.19. The van der Waals surface area contributed by atoms with E-state index in [1.807, 2.05) is 13.0 Å². The van der Waals surface area contributed by atoms with Gasteiger partial charge in [0.05, 0.1) is 4.92 Å². The number of nitrogens with zero attached hydrogens (tertiary/aromatic N) is 2. The molecule has 1 aliphatic rings. The highest BCUT2D eigenvalue weighted by Crippen LogP contribution is 2.33. The Kier molecular flexibility index (Phi) is 4.77. The lowest BCUT2D eigenvalue weighted by Gasteiger charge is -2.37. The van der Waals surface area contributed by atoms with Gasteiger partial charge in [-0.2, -0.15) is 0 Å². The summed E-state index contributed by atoms with van der Waals surface area (Å²) in [6.45, 7) is 5.14. The summed E-state index contributed by atoms with van der Waals surface area (Å²) in [5.41, 5.74) is 2.19. The van der Waals surface area contributed by atoms with E-state index >= 15 is 0 Å². The van der Waals surface area contributed by atoms with E-state index in [1.54, 1.807) is 12.1 Å². The molecule has 21 heavy (non-hydrogen) atoms. The first-order valence-corrected chi connectivity index (χ1v) is 7.16. The van der Waals surface area contributed by atoms with Gasteiger partial charge in [0.1, 0.15) is 6.10 Å². The minimum absolute atomic E-state index is 0.116. The third kappa shape index (κ3) is 3.51. The highest BCUT2D eigenvalue weighted by atomic mass is 16.6. The van der Waals surface area contributed by atoms with Crippen LogP contribution in [-0.4, -0.2) is 30.1 Å². The fourth-order valence-corrected chi connectivity index (χ4v) is 2.73. The smallest absolute Gasteiger partial charge is 0.293 e. The highest BCUT2D eigenvalue weighted by molar-refractivity contribution is 5.61. The van der Waals surface area contributed by atoms with Crippen LogP contribution in [0.3, 0.4) is 0 Å². The standard InChI is InChI=1S/C15H20N2O4/c1-11-3-4-13-5-6-14(17(19)20)9-15(13)16(11)8-7-12(2)21-10-18/h5-6,9-12H,3-4,7-8H2,1-2H3. The molecule has 2 unspecified atom stereocenters. The second kappa shape index (κ2) is 6.56. The van der Waals surface area contributed by atoms with Crippen LogP contribution in [0.5, 0.6) is 0 Å². The summed E-state index contributed by atoms with van der Waals surface area (Å²) in [6, 6.07) is 5.38. The molecule has 1 heterocycles. The maximum absolute atomic E-state index is 11.0. The summed E-state index contributed by atoms with van der Waals surface area (Å²) in [4.78, 5) is 23.1. The topological polar surface area (TPSA) is 72.7 Å². The molecule has 6 nitrogen and oxygen atoms in total. The zero-order valence-electron chi connectivity index (χ0n) is 12.3. The van der Waals surface area contributed by atoms with Crippen LogP contribution >= 0.6 is 0 Å². The van der Waals surface area contributed by atoms with Gasteiger partial charge in [-0.15, -0.1) is 0 Å². The zero-order valence-corrected chi connectivity index (χ0v) is 12.3. The van der Waals surface area contributed by atoms with Crippen LogP contribution in [0.1, 0.15) is 32.3 Å². The van der Waals surface area contributed by atoms with E-state index in [4.69, 9.17) is 4.74 Å². The van der Waals surface area contributed by atoms with E-state index in [0.717, 1.165) is 24.1 Å². The van der Waals surface area contributed by atoms with Gasteiger partial charge in [0.25, 0.3) is 12.2 Å². The monoisotopic (exact) mass is 292 g/mol. The van der Waals surface area contributed by atoms with Gasteiger partial charge in [-0.05, 0) is 32.3 Å². The number of rotatable bonds is 6. The number of hydrogen-bond donors (Lipinski definition) is 0. The van der Waals surface area contributed by atoms with Crippen molar-refractivity contribution in [3.8, 4) is 0 Å². The summed E-state index contributed by atoms with van der Waals surface area (Å²) >= 11 is 0. The molecular weight excluding hydrogens is 272 g/mol. The van der Waals surface area contributed by atoms with Crippen molar-refractivity contribution in [2.45, 2.75) is 45.3 Å². The molecule has 1 aliphatic heterocycles. The summed E-state index contributed by atoms with van der Waals surface area (Å²) in [6.07, 6.45) is 2.50. The highest BCUT2D eigenvalue weighted by Gasteiger charge is 2.25. The molecule has 0 bridgehead atoms. The molecule has 2 rings (SSSR count). The number of ether oxygens (including phenoxy) is 1. The third-order valence-electron chi connectivity index (χ3n) is 4.02. The molecule has 6 heteroatoms. The summed E-state index contributed by atoms with van der Waals surface area (Å²) in [5, 5.41) is 11.0. The van der Waals surface area contributed by atoms with Crippen LogP contribution in [-0.2, 0) is 16.0 Å². The molecule has 0 aromatic heterocycles. The first-order chi connectivity index (χ1) is 10.0. The van der Waals surface area contributed by atoms with E-state index in [-0.39, 0.29) is 16.7 Å². The van der Waals surface area contributed by atoms with E-state index in [2.05, 4.69) is 11.8 Å². The van der Waals surface area contributed by atoms with Crippen molar-refractivity contribution in [3.05, 3.63) is 33.9 Å². The summed E-state index contributed by atoms with van der Waals surface area (Å²) in [7, 11) is 0. The number of benzene rings is 1. The lowest BCUT2D eigenvalue weighted by Crippen LogP contribution is -2.39. The Bertz CT molecular complexity index is 532. The van der Waals surface area contributed by atoms with Gasteiger partial charge in [0, 0.05) is 36.8 Å². The van der Waals surface area contributed by atoms with Gasteiger partial charge < -0.3 is 9.64 Å². The Morgan fingerprint density at radius 2 is 2.33 bits per heavy atom. The number of hydrogen-bond acceptors (Lipinski definition) is 5. The predicted octanol–water partition coefficient (Wildman–Crippen LogP) is 2.69. The van der Waals surface area contributed by atoms with E-state index in [1.165, 1.54) is 0 Å². The van der Waals surface area contributed by atoms with Crippen molar-refractivity contribution in [1.29, 1.82) is 0 Å². The Morgan fingerprint density at radius 1 is 1.57 bits per heavy atom. The van der Waals surface area contributed by atoms with Gasteiger partial charge in [-0.3, -0.25) is 14.9 Å². The van der Waals surface area contributed by atoms with Crippen molar-refractivity contribution >= 4 is 17.8 Å². The van der Waals surface area contributed by atoms with E-state index in [9.17, 15) is 14.9 Å². The molecule has 114 valence electrons. The van der Waals surface area contributed by atoms with Crippen LogP contribution in [0.15, 0.2) is 18.2 Å². The van der Waals surface area contributed by atoms with Crippen molar-refractivity contribution < 1.29 is 14.5 Å². The quantitative estimate of drug-likeness (QED) is 0.458. The Morgan fingerprint density at radius 3 is 3.00 bits per heavy atom. The lowest BCUT2D eigenvalue weighted by atomic mass is 9.96. The molecule has 1 aromatic rings.